The normalized spacial score (nSPS) is 20.7. The number of hydrogen-bond donors (Lipinski definition) is 2. The maximum absolute atomic E-state index is 12.2. The number of carboxylic acids is 1. The van der Waals surface area contributed by atoms with Crippen LogP contribution in [0.5, 0.6) is 0 Å². The minimum atomic E-state index is -4.13. The van der Waals surface area contributed by atoms with Gasteiger partial charge in [0.05, 0.1) is 6.61 Å². The van der Waals surface area contributed by atoms with Crippen LogP contribution in [-0.4, -0.2) is 55.0 Å². The van der Waals surface area contributed by atoms with Crippen LogP contribution in [0.3, 0.4) is 0 Å². The highest BCUT2D eigenvalue weighted by molar-refractivity contribution is 7.87. The van der Waals surface area contributed by atoms with E-state index in [0.29, 0.717) is 12.8 Å². The summed E-state index contributed by atoms with van der Waals surface area (Å²) in [5.41, 5.74) is 0. The van der Waals surface area contributed by atoms with Gasteiger partial charge in [0.15, 0.2) is 0 Å². The van der Waals surface area contributed by atoms with Crippen molar-refractivity contribution in [2.45, 2.75) is 38.3 Å². The van der Waals surface area contributed by atoms with E-state index in [0.717, 1.165) is 4.31 Å². The summed E-state index contributed by atoms with van der Waals surface area (Å²) in [6.07, 6.45) is 5.57. The SMILES string of the molecule is C#CCC(NS(=O)(=O)N1CCCC1C(=O)OCC)C(=O)O. The summed E-state index contributed by atoms with van der Waals surface area (Å²) in [5, 5.41) is 8.94. The zero-order valence-corrected chi connectivity index (χ0v) is 12.4. The molecule has 0 aromatic carbocycles. The molecule has 0 aromatic heterocycles. The van der Waals surface area contributed by atoms with Crippen molar-refractivity contribution in [3.63, 3.8) is 0 Å². The molecule has 1 rings (SSSR count). The molecule has 2 N–H and O–H groups in total. The second kappa shape index (κ2) is 7.40. The number of carboxylic acid groups (broad SMARTS) is 1. The molecule has 0 amide bonds. The molecule has 0 bridgehead atoms. The van der Waals surface area contributed by atoms with Crippen molar-refractivity contribution >= 4 is 22.1 Å². The molecule has 0 aliphatic carbocycles. The number of carbonyl (C=O) groups excluding carboxylic acids is 1. The Kier molecular flexibility index (Phi) is 6.14. The minimum absolute atomic E-state index is 0.126. The molecular formula is C12H18N2O6S. The lowest BCUT2D eigenvalue weighted by Gasteiger charge is -2.24. The highest BCUT2D eigenvalue weighted by Crippen LogP contribution is 2.21. The first-order chi connectivity index (χ1) is 9.83. The number of carbonyl (C=O) groups is 2. The van der Waals surface area contributed by atoms with E-state index in [1.807, 2.05) is 4.72 Å². The van der Waals surface area contributed by atoms with Crippen LogP contribution in [0.25, 0.3) is 0 Å². The van der Waals surface area contributed by atoms with Gasteiger partial charge in [0.1, 0.15) is 12.1 Å². The van der Waals surface area contributed by atoms with Crippen LogP contribution in [0.4, 0.5) is 0 Å². The van der Waals surface area contributed by atoms with Crippen molar-refractivity contribution in [1.29, 1.82) is 0 Å². The molecule has 1 fully saturated rings. The fourth-order valence-electron chi connectivity index (χ4n) is 2.05. The number of terminal acetylenes is 1. The number of aliphatic carboxylic acids is 1. The number of rotatable bonds is 7. The standard InChI is InChI=1S/C12H18N2O6S/c1-3-6-9(11(15)16)13-21(18,19)14-8-5-7-10(14)12(17)20-4-2/h1,9-10,13H,4-8H2,2H3,(H,15,16). The Morgan fingerprint density at radius 1 is 1.57 bits per heavy atom. The van der Waals surface area contributed by atoms with Gasteiger partial charge in [-0.15, -0.1) is 12.3 Å². The predicted molar refractivity (Wildman–Crippen MR) is 73.3 cm³/mol. The highest BCUT2D eigenvalue weighted by Gasteiger charge is 2.41. The molecule has 0 radical (unpaired) electrons. The Labute approximate surface area is 123 Å². The smallest absolute Gasteiger partial charge is 0.324 e. The van der Waals surface area contributed by atoms with Crippen molar-refractivity contribution in [1.82, 2.24) is 9.03 Å². The van der Waals surface area contributed by atoms with E-state index < -0.39 is 34.2 Å². The molecule has 0 aromatic rings. The lowest BCUT2D eigenvalue weighted by Crippen LogP contribution is -2.51. The Morgan fingerprint density at radius 2 is 2.24 bits per heavy atom. The van der Waals surface area contributed by atoms with Crippen LogP contribution in [0.1, 0.15) is 26.2 Å². The van der Waals surface area contributed by atoms with E-state index in [2.05, 4.69) is 5.92 Å². The molecule has 0 saturated carbocycles. The van der Waals surface area contributed by atoms with E-state index in [1.54, 1.807) is 6.92 Å². The first kappa shape index (κ1) is 17.4. The van der Waals surface area contributed by atoms with Gasteiger partial charge in [-0.3, -0.25) is 9.59 Å². The number of hydrogen-bond acceptors (Lipinski definition) is 5. The molecule has 1 saturated heterocycles. The van der Waals surface area contributed by atoms with Crippen LogP contribution >= 0.6 is 0 Å². The summed E-state index contributed by atoms with van der Waals surface area (Å²) < 4.78 is 32.2. The molecule has 2 unspecified atom stereocenters. The summed E-state index contributed by atoms with van der Waals surface area (Å²) in [4.78, 5) is 22.7. The number of ether oxygens (including phenoxy) is 1. The largest absolute Gasteiger partial charge is 0.480 e. The third-order valence-electron chi connectivity index (χ3n) is 2.98. The maximum atomic E-state index is 12.2. The fourth-order valence-corrected chi connectivity index (χ4v) is 3.62. The molecule has 8 nitrogen and oxygen atoms in total. The Balaban J connectivity index is 2.88. The Morgan fingerprint density at radius 3 is 2.76 bits per heavy atom. The Hall–Kier alpha value is -1.63. The summed E-state index contributed by atoms with van der Waals surface area (Å²) in [7, 11) is -4.13. The zero-order chi connectivity index (χ0) is 16.0. The van der Waals surface area contributed by atoms with E-state index >= 15 is 0 Å². The van der Waals surface area contributed by atoms with Gasteiger partial charge in [-0.2, -0.15) is 17.4 Å². The topological polar surface area (TPSA) is 113 Å². The van der Waals surface area contributed by atoms with Gasteiger partial charge in [-0.25, -0.2) is 0 Å². The molecule has 2 atom stereocenters. The van der Waals surface area contributed by atoms with Gasteiger partial charge in [-0.1, -0.05) is 0 Å². The number of esters is 1. The van der Waals surface area contributed by atoms with Crippen molar-refractivity contribution < 1.29 is 27.9 Å². The molecule has 1 aliphatic rings. The number of nitrogens with zero attached hydrogens (tertiary/aromatic N) is 1. The van der Waals surface area contributed by atoms with Gasteiger partial charge in [0.2, 0.25) is 0 Å². The quantitative estimate of drug-likeness (QED) is 0.475. The monoisotopic (exact) mass is 318 g/mol. The van der Waals surface area contributed by atoms with Crippen LogP contribution in [0, 0.1) is 12.3 Å². The second-order valence-corrected chi connectivity index (χ2v) is 6.10. The highest BCUT2D eigenvalue weighted by atomic mass is 32.2. The van der Waals surface area contributed by atoms with Gasteiger partial charge in [0.25, 0.3) is 10.2 Å². The molecule has 118 valence electrons. The first-order valence-corrected chi connectivity index (χ1v) is 7.89. The second-order valence-electron chi connectivity index (χ2n) is 4.44. The zero-order valence-electron chi connectivity index (χ0n) is 11.6. The van der Waals surface area contributed by atoms with Gasteiger partial charge in [0, 0.05) is 13.0 Å². The molecule has 9 heteroatoms. The van der Waals surface area contributed by atoms with Crippen LogP contribution in [-0.2, 0) is 24.5 Å². The third kappa shape index (κ3) is 4.42. The number of nitrogens with one attached hydrogen (secondary N) is 1. The molecule has 1 aliphatic heterocycles. The fraction of sp³-hybridized carbons (Fsp3) is 0.667. The molecule has 21 heavy (non-hydrogen) atoms. The van der Waals surface area contributed by atoms with Crippen LogP contribution < -0.4 is 4.72 Å². The Bertz CT molecular complexity index is 538. The van der Waals surface area contributed by atoms with Crippen molar-refractivity contribution in [3.8, 4) is 12.3 Å². The summed E-state index contributed by atoms with van der Waals surface area (Å²) in [6.45, 7) is 1.89. The van der Waals surface area contributed by atoms with Crippen LogP contribution in [0.2, 0.25) is 0 Å². The third-order valence-corrected chi connectivity index (χ3v) is 4.62. The van der Waals surface area contributed by atoms with E-state index in [-0.39, 0.29) is 19.6 Å². The average Bonchev–Trinajstić information content (AvgIpc) is 2.88. The molecule has 0 spiro atoms. The van der Waals surface area contributed by atoms with E-state index in [9.17, 15) is 18.0 Å². The lowest BCUT2D eigenvalue weighted by atomic mass is 10.2. The molecule has 1 heterocycles. The summed E-state index contributed by atoms with van der Waals surface area (Å²) in [5.74, 6) is 0.0918. The minimum Gasteiger partial charge on any atom is -0.480 e. The summed E-state index contributed by atoms with van der Waals surface area (Å²) in [6, 6.07) is -2.36. The summed E-state index contributed by atoms with van der Waals surface area (Å²) >= 11 is 0. The van der Waals surface area contributed by atoms with E-state index in [1.165, 1.54) is 0 Å². The van der Waals surface area contributed by atoms with Crippen molar-refractivity contribution in [3.05, 3.63) is 0 Å². The van der Waals surface area contributed by atoms with Crippen molar-refractivity contribution in [2.75, 3.05) is 13.2 Å². The first-order valence-electron chi connectivity index (χ1n) is 6.45. The maximum Gasteiger partial charge on any atom is 0.324 e. The van der Waals surface area contributed by atoms with Crippen molar-refractivity contribution in [2.24, 2.45) is 0 Å². The van der Waals surface area contributed by atoms with Crippen LogP contribution in [0.15, 0.2) is 0 Å². The molecular weight excluding hydrogens is 300 g/mol. The van der Waals surface area contributed by atoms with Gasteiger partial charge < -0.3 is 9.84 Å². The van der Waals surface area contributed by atoms with Gasteiger partial charge in [-0.05, 0) is 19.8 Å². The average molecular weight is 318 g/mol. The van der Waals surface area contributed by atoms with E-state index in [4.69, 9.17) is 16.3 Å². The lowest BCUT2D eigenvalue weighted by molar-refractivity contribution is -0.146. The predicted octanol–water partition coefficient (Wildman–Crippen LogP) is -0.675. The van der Waals surface area contributed by atoms with Gasteiger partial charge >= 0.3 is 11.9 Å².